The summed E-state index contributed by atoms with van der Waals surface area (Å²) in [7, 11) is 0. The predicted molar refractivity (Wildman–Crippen MR) is 141 cm³/mol. The first-order valence-corrected chi connectivity index (χ1v) is 12.8. The lowest BCUT2D eigenvalue weighted by atomic mass is 10.1. The fourth-order valence-corrected chi connectivity index (χ4v) is 5.06. The molecule has 4 nitrogen and oxygen atoms in total. The Hall–Kier alpha value is -2.82. The maximum atomic E-state index is 6.20. The average Bonchev–Trinajstić information content (AvgIpc) is 3.21. The Morgan fingerprint density at radius 1 is 0.853 bits per heavy atom. The maximum Gasteiger partial charge on any atom is 0.228 e. The molecule has 0 N–H and O–H groups in total. The van der Waals surface area contributed by atoms with E-state index in [1.165, 1.54) is 55.1 Å². The normalized spacial score (nSPS) is 14.9. The highest BCUT2D eigenvalue weighted by Crippen LogP contribution is 2.28. The van der Waals surface area contributed by atoms with Crippen LogP contribution in [0.15, 0.2) is 77.3 Å². The number of hydrogen-bond acceptors (Lipinski definition) is 4. The van der Waals surface area contributed by atoms with Crippen molar-refractivity contribution in [3.63, 3.8) is 0 Å². The summed E-state index contributed by atoms with van der Waals surface area (Å²) in [6, 6.07) is 25.0. The third-order valence-electron chi connectivity index (χ3n) is 6.72. The minimum atomic E-state index is 0.701. The molecule has 5 heteroatoms. The number of nitrogens with zero attached hydrogens (tertiary/aromatic N) is 3. The molecule has 1 aliphatic rings. The van der Waals surface area contributed by atoms with Gasteiger partial charge in [0, 0.05) is 29.7 Å². The molecular formula is C29H32ClN3O. The van der Waals surface area contributed by atoms with E-state index in [1.54, 1.807) is 0 Å². The van der Waals surface area contributed by atoms with Crippen LogP contribution in [0.5, 0.6) is 0 Å². The second-order valence-electron chi connectivity index (χ2n) is 9.27. The van der Waals surface area contributed by atoms with Gasteiger partial charge in [0.1, 0.15) is 5.69 Å². The fourth-order valence-electron chi connectivity index (χ4n) is 4.87. The van der Waals surface area contributed by atoms with E-state index in [0.717, 1.165) is 43.2 Å². The van der Waals surface area contributed by atoms with Crippen LogP contribution in [0, 0.1) is 0 Å². The van der Waals surface area contributed by atoms with E-state index in [0.29, 0.717) is 5.02 Å². The molecular weight excluding hydrogens is 442 g/mol. The summed E-state index contributed by atoms with van der Waals surface area (Å²) in [5.74, 6) is 0.805. The molecule has 0 spiro atoms. The zero-order valence-electron chi connectivity index (χ0n) is 19.6. The summed E-state index contributed by atoms with van der Waals surface area (Å²) < 4.78 is 5.86. The number of fused-ring (bicyclic) bond motifs is 1. The van der Waals surface area contributed by atoms with Crippen LogP contribution >= 0.6 is 11.6 Å². The van der Waals surface area contributed by atoms with Crippen molar-refractivity contribution in [2.75, 3.05) is 31.1 Å². The minimum absolute atomic E-state index is 0.701. The summed E-state index contributed by atoms with van der Waals surface area (Å²) in [5, 5.41) is 7.60. The van der Waals surface area contributed by atoms with Crippen LogP contribution in [0.1, 0.15) is 37.7 Å². The molecule has 0 radical (unpaired) electrons. The highest BCUT2D eigenvalue weighted by molar-refractivity contribution is 6.30. The van der Waals surface area contributed by atoms with Gasteiger partial charge in [0.2, 0.25) is 5.88 Å². The molecule has 0 bridgehead atoms. The van der Waals surface area contributed by atoms with Gasteiger partial charge in [-0.1, -0.05) is 78.1 Å². The van der Waals surface area contributed by atoms with E-state index in [-0.39, 0.29) is 0 Å². The summed E-state index contributed by atoms with van der Waals surface area (Å²) in [4.78, 5) is 4.95. The summed E-state index contributed by atoms with van der Waals surface area (Å²) in [5.41, 5.74) is 3.06. The predicted octanol–water partition coefficient (Wildman–Crippen LogP) is 7.42. The van der Waals surface area contributed by atoms with Crippen molar-refractivity contribution in [2.24, 2.45) is 0 Å². The number of hydrogen-bond donors (Lipinski definition) is 0. The number of rotatable bonds is 8. The molecule has 2 heterocycles. The first-order chi connectivity index (χ1) is 16.7. The Balaban J connectivity index is 1.34. The van der Waals surface area contributed by atoms with Gasteiger partial charge in [-0.15, -0.1) is 0 Å². The van der Waals surface area contributed by atoms with Gasteiger partial charge in [0.05, 0.1) is 0 Å². The molecule has 5 rings (SSSR count). The van der Waals surface area contributed by atoms with E-state index in [1.807, 2.05) is 30.3 Å². The van der Waals surface area contributed by atoms with Crippen LogP contribution in [-0.2, 0) is 6.54 Å². The van der Waals surface area contributed by atoms with Gasteiger partial charge < -0.3 is 14.3 Å². The van der Waals surface area contributed by atoms with Crippen molar-refractivity contribution in [1.82, 2.24) is 10.1 Å². The number of benzene rings is 3. The molecule has 0 saturated carbocycles. The third-order valence-corrected chi connectivity index (χ3v) is 6.95. The van der Waals surface area contributed by atoms with E-state index in [4.69, 9.17) is 16.1 Å². The van der Waals surface area contributed by atoms with Gasteiger partial charge in [-0.3, -0.25) is 0 Å². The van der Waals surface area contributed by atoms with Gasteiger partial charge in [-0.25, -0.2) is 0 Å². The largest absolute Gasteiger partial charge is 0.338 e. The van der Waals surface area contributed by atoms with E-state index >= 15 is 0 Å². The molecule has 3 aromatic carbocycles. The SMILES string of the molecule is Clc1cccc(-c2cc(N(CCCN3CCCCCC3)Cc3ccc4ccccc4c3)on2)c1. The molecule has 4 aromatic rings. The molecule has 0 atom stereocenters. The Kier molecular flexibility index (Phi) is 7.47. The Bertz CT molecular complexity index is 1210. The summed E-state index contributed by atoms with van der Waals surface area (Å²) >= 11 is 6.20. The van der Waals surface area contributed by atoms with Crippen LogP contribution in [0.4, 0.5) is 5.88 Å². The van der Waals surface area contributed by atoms with Crippen LogP contribution in [0.3, 0.4) is 0 Å². The average molecular weight is 474 g/mol. The molecule has 0 amide bonds. The highest BCUT2D eigenvalue weighted by atomic mass is 35.5. The highest BCUT2D eigenvalue weighted by Gasteiger charge is 2.16. The molecule has 1 saturated heterocycles. The molecule has 1 aromatic heterocycles. The molecule has 176 valence electrons. The van der Waals surface area contributed by atoms with Crippen molar-refractivity contribution < 1.29 is 4.52 Å². The quantitative estimate of drug-likeness (QED) is 0.266. The summed E-state index contributed by atoms with van der Waals surface area (Å²) in [6.07, 6.45) is 6.49. The van der Waals surface area contributed by atoms with E-state index in [9.17, 15) is 0 Å². The van der Waals surface area contributed by atoms with Crippen LogP contribution in [0.25, 0.3) is 22.0 Å². The van der Waals surface area contributed by atoms with Crippen molar-refractivity contribution in [3.05, 3.63) is 83.4 Å². The first-order valence-electron chi connectivity index (χ1n) is 12.4. The Morgan fingerprint density at radius 3 is 2.50 bits per heavy atom. The topological polar surface area (TPSA) is 32.5 Å². The fraction of sp³-hybridized carbons (Fsp3) is 0.345. The van der Waals surface area contributed by atoms with Gasteiger partial charge >= 0.3 is 0 Å². The first kappa shape index (κ1) is 22.9. The van der Waals surface area contributed by atoms with Gasteiger partial charge in [-0.05, 0) is 73.4 Å². The third kappa shape index (κ3) is 5.81. The lowest BCUT2D eigenvalue weighted by Gasteiger charge is -2.24. The molecule has 0 unspecified atom stereocenters. The van der Waals surface area contributed by atoms with E-state index in [2.05, 4.69) is 57.4 Å². The van der Waals surface area contributed by atoms with Gasteiger partial charge in [0.15, 0.2) is 0 Å². The number of likely N-dealkylation sites (tertiary alicyclic amines) is 1. The zero-order valence-corrected chi connectivity index (χ0v) is 20.4. The van der Waals surface area contributed by atoms with Crippen molar-refractivity contribution in [1.29, 1.82) is 0 Å². The Labute approximate surface area is 207 Å². The van der Waals surface area contributed by atoms with Gasteiger partial charge in [-0.2, -0.15) is 0 Å². The molecule has 0 aliphatic carbocycles. The standard InChI is InChI=1S/C29H32ClN3O/c30-27-12-7-11-26(20-27)28-21-29(34-31-28)33(18-8-17-32-15-5-1-2-6-16-32)22-23-13-14-24-9-3-4-10-25(24)19-23/h3-4,7,9-14,19-21H,1-2,5-6,8,15-18,22H2. The van der Waals surface area contributed by atoms with Crippen LogP contribution < -0.4 is 4.90 Å². The zero-order chi connectivity index (χ0) is 23.2. The summed E-state index contributed by atoms with van der Waals surface area (Å²) in [6.45, 7) is 5.30. The van der Waals surface area contributed by atoms with E-state index < -0.39 is 0 Å². The van der Waals surface area contributed by atoms with Crippen LogP contribution in [0.2, 0.25) is 5.02 Å². The smallest absolute Gasteiger partial charge is 0.228 e. The maximum absolute atomic E-state index is 6.20. The molecule has 1 aliphatic heterocycles. The molecule has 34 heavy (non-hydrogen) atoms. The number of aromatic nitrogens is 1. The second kappa shape index (κ2) is 11.1. The molecule has 1 fully saturated rings. The Morgan fingerprint density at radius 2 is 1.68 bits per heavy atom. The van der Waals surface area contributed by atoms with Crippen molar-refractivity contribution >= 4 is 28.3 Å². The van der Waals surface area contributed by atoms with Crippen molar-refractivity contribution in [3.8, 4) is 11.3 Å². The van der Waals surface area contributed by atoms with Crippen LogP contribution in [-0.4, -0.2) is 36.2 Å². The second-order valence-corrected chi connectivity index (χ2v) is 9.71. The lowest BCUT2D eigenvalue weighted by Crippen LogP contribution is -2.30. The number of anilines is 1. The van der Waals surface area contributed by atoms with Crippen molar-refractivity contribution in [2.45, 2.75) is 38.6 Å². The lowest BCUT2D eigenvalue weighted by molar-refractivity contribution is 0.281. The van der Waals surface area contributed by atoms with Gasteiger partial charge in [0.25, 0.3) is 0 Å². The monoisotopic (exact) mass is 473 g/mol. The number of halogens is 1. The minimum Gasteiger partial charge on any atom is -0.338 e.